The van der Waals surface area contributed by atoms with Crippen molar-refractivity contribution in [2.24, 2.45) is 0 Å². The lowest BCUT2D eigenvalue weighted by Gasteiger charge is -2.07. The van der Waals surface area contributed by atoms with E-state index in [0.717, 1.165) is 18.4 Å². The van der Waals surface area contributed by atoms with E-state index in [-0.39, 0.29) is 24.1 Å². The van der Waals surface area contributed by atoms with E-state index in [1.807, 2.05) is 6.07 Å². The van der Waals surface area contributed by atoms with Crippen LogP contribution in [0.25, 0.3) is 0 Å². The summed E-state index contributed by atoms with van der Waals surface area (Å²) in [5.74, 6) is -0.220. The van der Waals surface area contributed by atoms with Crippen LogP contribution in [-0.4, -0.2) is 25.5 Å². The molecule has 0 radical (unpaired) electrons. The summed E-state index contributed by atoms with van der Waals surface area (Å²) in [5, 5.41) is 11.8. The van der Waals surface area contributed by atoms with Crippen LogP contribution in [0.1, 0.15) is 42.1 Å². The molecule has 0 saturated heterocycles. The average molecular weight is 519 g/mol. The van der Waals surface area contributed by atoms with E-state index in [9.17, 15) is 13.6 Å². The van der Waals surface area contributed by atoms with Crippen LogP contribution in [0.2, 0.25) is 10.0 Å². The minimum absolute atomic E-state index is 0.154. The minimum atomic E-state index is -2.71. The van der Waals surface area contributed by atoms with Gasteiger partial charge in [-0.25, -0.2) is 8.78 Å². The highest BCUT2D eigenvalue weighted by Crippen LogP contribution is 2.45. The highest BCUT2D eigenvalue weighted by atomic mass is 79.9. The van der Waals surface area contributed by atoms with Crippen LogP contribution in [0.4, 0.5) is 14.5 Å². The first kappa shape index (κ1) is 21.3. The first-order valence-corrected chi connectivity index (χ1v) is 10.7. The van der Waals surface area contributed by atoms with Crippen molar-refractivity contribution in [1.29, 1.82) is 0 Å². The number of hydrogen-bond acceptors (Lipinski definition) is 3. The molecule has 2 aromatic heterocycles. The Kier molecular flexibility index (Phi) is 6.13. The van der Waals surface area contributed by atoms with Crippen molar-refractivity contribution in [3.05, 3.63) is 62.1 Å². The molecule has 30 heavy (non-hydrogen) atoms. The smallest absolute Gasteiger partial charge is 0.283 e. The molecule has 3 aromatic rings. The second-order valence-electron chi connectivity index (χ2n) is 7.04. The molecule has 11 heteroatoms. The number of carbonyl (C=O) groups is 1. The first-order valence-electron chi connectivity index (χ1n) is 9.12. The van der Waals surface area contributed by atoms with E-state index in [0.29, 0.717) is 32.4 Å². The van der Waals surface area contributed by atoms with Gasteiger partial charge in [-0.2, -0.15) is 10.2 Å². The van der Waals surface area contributed by atoms with Crippen molar-refractivity contribution in [3.63, 3.8) is 0 Å². The van der Waals surface area contributed by atoms with Crippen LogP contribution >= 0.6 is 39.1 Å². The minimum Gasteiger partial charge on any atom is -0.322 e. The number of anilines is 1. The standard InChI is InChI=1S/C19H16BrCl2F2N5O/c20-16-17(19(23)24)27-29(18(16)11-2-3-11)9-15(30)26-12-6-25-28(8-12)7-10-1-4-13(21)14(22)5-10/h1,4-6,8,11,19H,2-3,7,9H2,(H,26,30). The van der Waals surface area contributed by atoms with E-state index >= 15 is 0 Å². The van der Waals surface area contributed by atoms with Gasteiger partial charge in [0.15, 0.2) is 0 Å². The molecule has 1 fully saturated rings. The first-order chi connectivity index (χ1) is 14.3. The zero-order chi connectivity index (χ0) is 21.4. The molecule has 1 aliphatic carbocycles. The lowest BCUT2D eigenvalue weighted by molar-refractivity contribution is -0.117. The Morgan fingerprint density at radius 1 is 1.30 bits per heavy atom. The number of nitrogens with one attached hydrogen (secondary N) is 1. The largest absolute Gasteiger partial charge is 0.322 e. The summed E-state index contributed by atoms with van der Waals surface area (Å²) >= 11 is 15.2. The molecule has 0 bridgehead atoms. The van der Waals surface area contributed by atoms with Crippen LogP contribution in [0.5, 0.6) is 0 Å². The molecule has 1 saturated carbocycles. The summed E-state index contributed by atoms with van der Waals surface area (Å²) in [7, 11) is 0. The highest BCUT2D eigenvalue weighted by Gasteiger charge is 2.34. The normalized spacial score (nSPS) is 13.8. The lowest BCUT2D eigenvalue weighted by Crippen LogP contribution is -2.20. The summed E-state index contributed by atoms with van der Waals surface area (Å²) < 4.78 is 29.7. The third kappa shape index (κ3) is 4.68. The second-order valence-corrected chi connectivity index (χ2v) is 8.65. The molecule has 1 amide bonds. The Labute approximate surface area is 189 Å². The lowest BCUT2D eigenvalue weighted by atomic mass is 10.2. The Morgan fingerprint density at radius 3 is 2.73 bits per heavy atom. The molecule has 0 spiro atoms. The number of aromatic nitrogens is 4. The van der Waals surface area contributed by atoms with Crippen LogP contribution in [0.15, 0.2) is 35.1 Å². The average Bonchev–Trinajstić information content (AvgIpc) is 3.33. The van der Waals surface area contributed by atoms with E-state index < -0.39 is 6.43 Å². The van der Waals surface area contributed by atoms with Gasteiger partial charge < -0.3 is 5.32 Å². The van der Waals surface area contributed by atoms with Gasteiger partial charge in [-0.1, -0.05) is 29.3 Å². The molecule has 1 aliphatic rings. The molecular weight excluding hydrogens is 503 g/mol. The van der Waals surface area contributed by atoms with Crippen molar-refractivity contribution in [3.8, 4) is 0 Å². The predicted octanol–water partition coefficient (Wildman–Crippen LogP) is 5.65. The van der Waals surface area contributed by atoms with E-state index in [1.165, 1.54) is 10.9 Å². The summed E-state index contributed by atoms with van der Waals surface area (Å²) in [6.45, 7) is 0.289. The van der Waals surface area contributed by atoms with E-state index in [2.05, 4.69) is 31.4 Å². The van der Waals surface area contributed by atoms with Gasteiger partial charge in [0.05, 0.1) is 38.6 Å². The third-order valence-electron chi connectivity index (χ3n) is 4.67. The Hall–Kier alpha value is -1.97. The van der Waals surface area contributed by atoms with Gasteiger partial charge in [0, 0.05) is 12.1 Å². The van der Waals surface area contributed by atoms with Gasteiger partial charge >= 0.3 is 0 Å². The summed E-state index contributed by atoms with van der Waals surface area (Å²) in [5.41, 5.74) is 1.71. The molecule has 0 unspecified atom stereocenters. The Morgan fingerprint density at radius 2 is 2.07 bits per heavy atom. The molecule has 1 aromatic carbocycles. The van der Waals surface area contributed by atoms with Crippen molar-refractivity contribution in [2.75, 3.05) is 5.32 Å². The molecule has 6 nitrogen and oxygen atoms in total. The predicted molar refractivity (Wildman–Crippen MR) is 113 cm³/mol. The third-order valence-corrected chi connectivity index (χ3v) is 6.22. The number of hydrogen-bond donors (Lipinski definition) is 1. The zero-order valence-corrected chi connectivity index (χ0v) is 18.6. The zero-order valence-electron chi connectivity index (χ0n) is 15.5. The molecular formula is C19H16BrCl2F2N5O. The number of amides is 1. The molecule has 0 atom stereocenters. The molecule has 1 N–H and O–H groups in total. The molecule has 2 heterocycles. The molecule has 158 valence electrons. The van der Waals surface area contributed by atoms with Gasteiger partial charge in [0.25, 0.3) is 6.43 Å². The maximum Gasteiger partial charge on any atom is 0.283 e. The van der Waals surface area contributed by atoms with Crippen molar-refractivity contribution < 1.29 is 13.6 Å². The fourth-order valence-corrected chi connectivity index (χ4v) is 4.26. The van der Waals surface area contributed by atoms with Crippen molar-refractivity contribution in [1.82, 2.24) is 19.6 Å². The monoisotopic (exact) mass is 517 g/mol. The highest BCUT2D eigenvalue weighted by molar-refractivity contribution is 9.10. The number of halogens is 5. The van der Waals surface area contributed by atoms with Crippen molar-refractivity contribution in [2.45, 2.75) is 38.3 Å². The summed E-state index contributed by atoms with van der Waals surface area (Å²) in [6, 6.07) is 5.29. The summed E-state index contributed by atoms with van der Waals surface area (Å²) in [6.07, 6.45) is 2.28. The number of alkyl halides is 2. The second kappa shape index (κ2) is 8.64. The van der Waals surface area contributed by atoms with Crippen LogP contribution in [0, 0.1) is 0 Å². The number of rotatable bonds is 7. The number of nitrogens with zero attached hydrogens (tertiary/aromatic N) is 4. The topological polar surface area (TPSA) is 64.7 Å². The van der Waals surface area contributed by atoms with Gasteiger partial charge in [0.2, 0.25) is 5.91 Å². The van der Waals surface area contributed by atoms with Gasteiger partial charge in [-0.05, 0) is 46.5 Å². The van der Waals surface area contributed by atoms with Gasteiger partial charge in [-0.3, -0.25) is 14.2 Å². The molecule has 4 rings (SSSR count). The van der Waals surface area contributed by atoms with E-state index in [1.54, 1.807) is 23.0 Å². The van der Waals surface area contributed by atoms with Crippen LogP contribution in [-0.2, 0) is 17.9 Å². The Bertz CT molecular complexity index is 1100. The SMILES string of the molecule is O=C(Cn1nc(C(F)F)c(Br)c1C1CC1)Nc1cnn(Cc2ccc(Cl)c(Cl)c2)c1. The fourth-order valence-electron chi connectivity index (χ4n) is 3.16. The quantitative estimate of drug-likeness (QED) is 0.439. The van der Waals surface area contributed by atoms with Crippen LogP contribution in [0.3, 0.4) is 0 Å². The number of benzene rings is 1. The number of carbonyl (C=O) groups excluding carboxylic acids is 1. The van der Waals surface area contributed by atoms with Crippen LogP contribution < -0.4 is 5.32 Å². The van der Waals surface area contributed by atoms with E-state index in [4.69, 9.17) is 23.2 Å². The van der Waals surface area contributed by atoms with Crippen molar-refractivity contribution >= 4 is 50.7 Å². The fraction of sp³-hybridized carbons (Fsp3) is 0.316. The van der Waals surface area contributed by atoms with Gasteiger partial charge in [-0.15, -0.1) is 0 Å². The molecule has 0 aliphatic heterocycles. The maximum atomic E-state index is 13.2. The maximum absolute atomic E-state index is 13.2. The van der Waals surface area contributed by atoms with Gasteiger partial charge in [0.1, 0.15) is 12.2 Å². The Balaban J connectivity index is 1.43. The summed E-state index contributed by atoms with van der Waals surface area (Å²) in [4.78, 5) is 12.5.